The minimum absolute atomic E-state index is 0.0261. The Balaban J connectivity index is 1.83. The first-order valence-corrected chi connectivity index (χ1v) is 15.8. The second-order valence-corrected chi connectivity index (χ2v) is 12.4. The first-order valence-electron chi connectivity index (χ1n) is 15.8. The molecule has 9 heteroatoms. The maximum absolute atomic E-state index is 14.9. The molecule has 1 N–H and O–H groups in total. The molecule has 2 amide bonds. The van der Waals surface area contributed by atoms with Crippen molar-refractivity contribution in [3.8, 4) is 0 Å². The summed E-state index contributed by atoms with van der Waals surface area (Å²) >= 11 is 0. The van der Waals surface area contributed by atoms with Crippen molar-refractivity contribution in [3.05, 3.63) is 49.6 Å². The van der Waals surface area contributed by atoms with Crippen LogP contribution >= 0.6 is 0 Å². The van der Waals surface area contributed by atoms with Crippen molar-refractivity contribution in [3.63, 3.8) is 0 Å². The Labute approximate surface area is 256 Å². The van der Waals surface area contributed by atoms with E-state index in [-0.39, 0.29) is 37.5 Å². The van der Waals surface area contributed by atoms with Gasteiger partial charge in [-0.2, -0.15) is 0 Å². The van der Waals surface area contributed by atoms with E-state index in [0.29, 0.717) is 31.4 Å². The Morgan fingerprint density at radius 2 is 1.77 bits per heavy atom. The number of aliphatic hydroxyl groups excluding tert-OH is 1. The van der Waals surface area contributed by atoms with Gasteiger partial charge in [-0.05, 0) is 69.7 Å². The quantitative estimate of drug-likeness (QED) is 0.238. The molecule has 2 unspecified atom stereocenters. The first-order chi connectivity index (χ1) is 20.6. The number of fused-ring (bicyclic) bond motifs is 1. The number of aliphatic hydroxyl groups is 1. The minimum atomic E-state index is -1.22. The van der Waals surface area contributed by atoms with Gasteiger partial charge in [0.2, 0.25) is 5.91 Å². The van der Waals surface area contributed by atoms with Crippen LogP contribution in [0.25, 0.3) is 0 Å². The topological polar surface area (TPSA) is 99.6 Å². The van der Waals surface area contributed by atoms with Crippen LogP contribution in [0.15, 0.2) is 49.6 Å². The lowest BCUT2D eigenvalue weighted by Crippen LogP contribution is -2.59. The highest BCUT2D eigenvalue weighted by Gasteiger charge is 2.79. The Morgan fingerprint density at radius 3 is 2.30 bits per heavy atom. The van der Waals surface area contributed by atoms with Gasteiger partial charge >= 0.3 is 5.97 Å². The normalized spacial score (nSPS) is 28.1. The third kappa shape index (κ3) is 5.50. The SMILES string of the molecule is C=CCOC(=O)[C@H]1[C@H]2C(=O)N([C@@H](CO)CC(C)C)C(C(=O)N(CC=C)c3ccc(N(CC)CC)cc3)C23CC[C@]1(CC)O3. The molecular formula is C34H49N3O6. The molecule has 236 valence electrons. The van der Waals surface area contributed by atoms with Crippen LogP contribution in [0.4, 0.5) is 11.4 Å². The number of amides is 2. The summed E-state index contributed by atoms with van der Waals surface area (Å²) in [5.74, 6) is -2.72. The fourth-order valence-electron chi connectivity index (χ4n) is 7.77. The van der Waals surface area contributed by atoms with E-state index in [4.69, 9.17) is 9.47 Å². The van der Waals surface area contributed by atoms with Crippen LogP contribution in [0.2, 0.25) is 0 Å². The zero-order chi connectivity index (χ0) is 31.5. The summed E-state index contributed by atoms with van der Waals surface area (Å²) in [4.78, 5) is 48.4. The van der Waals surface area contributed by atoms with Crippen LogP contribution in [0.3, 0.4) is 0 Å². The lowest BCUT2D eigenvalue weighted by atomic mass is 9.65. The molecule has 0 radical (unpaired) electrons. The van der Waals surface area contributed by atoms with Gasteiger partial charge in [0.05, 0.1) is 24.2 Å². The molecule has 6 atom stereocenters. The summed E-state index contributed by atoms with van der Waals surface area (Å²) in [6.45, 7) is 19.4. The Kier molecular flexibility index (Phi) is 10.1. The van der Waals surface area contributed by atoms with Crippen molar-refractivity contribution in [1.29, 1.82) is 0 Å². The standard InChI is InChI=1S/C34H49N3O6/c1-8-19-36(25-15-13-24(14-16-25)35(11-4)12-5)31(40)29-34-18-17-33(10-3,43-34)28(32(41)42-20-9-2)27(34)30(39)37(29)26(22-38)21-23(6)7/h8-9,13-16,23,26-29,38H,1-2,10-12,17-22H2,3-7H3/t26-,27+,28-,29?,33+,34?/m1/s1. The molecule has 3 saturated heterocycles. The number of nitrogens with zero attached hydrogens (tertiary/aromatic N) is 3. The summed E-state index contributed by atoms with van der Waals surface area (Å²) < 4.78 is 12.4. The number of ether oxygens (including phenoxy) is 2. The van der Waals surface area contributed by atoms with Crippen molar-refractivity contribution in [1.82, 2.24) is 4.90 Å². The Morgan fingerprint density at radius 1 is 1.12 bits per heavy atom. The van der Waals surface area contributed by atoms with E-state index in [0.717, 1.165) is 18.8 Å². The average molecular weight is 596 g/mol. The molecule has 3 heterocycles. The zero-order valence-electron chi connectivity index (χ0n) is 26.5. The lowest BCUT2D eigenvalue weighted by molar-refractivity contribution is -0.161. The van der Waals surface area contributed by atoms with Gasteiger partial charge in [0.15, 0.2) is 0 Å². The monoisotopic (exact) mass is 595 g/mol. The van der Waals surface area contributed by atoms with Crippen molar-refractivity contribution in [2.24, 2.45) is 17.8 Å². The van der Waals surface area contributed by atoms with Crippen molar-refractivity contribution in [2.75, 3.05) is 42.6 Å². The van der Waals surface area contributed by atoms with Gasteiger partial charge in [-0.15, -0.1) is 6.58 Å². The summed E-state index contributed by atoms with van der Waals surface area (Å²) in [6.07, 6.45) is 5.16. The van der Waals surface area contributed by atoms with Crippen LogP contribution in [0.5, 0.6) is 0 Å². The number of benzene rings is 1. The van der Waals surface area contributed by atoms with E-state index < -0.39 is 41.1 Å². The minimum Gasteiger partial charge on any atom is -0.461 e. The molecule has 2 bridgehead atoms. The first kappa shape index (κ1) is 32.7. The van der Waals surface area contributed by atoms with Crippen LogP contribution in [0, 0.1) is 17.8 Å². The Hall–Kier alpha value is -3.17. The van der Waals surface area contributed by atoms with Crippen molar-refractivity contribution >= 4 is 29.2 Å². The zero-order valence-corrected chi connectivity index (χ0v) is 26.5. The molecule has 1 aromatic rings. The van der Waals surface area contributed by atoms with Crippen molar-refractivity contribution in [2.45, 2.75) is 83.6 Å². The molecule has 3 fully saturated rings. The number of carbonyl (C=O) groups is 3. The van der Waals surface area contributed by atoms with Gasteiger partial charge in [-0.3, -0.25) is 14.4 Å². The van der Waals surface area contributed by atoms with Crippen LogP contribution in [-0.4, -0.2) is 83.9 Å². The largest absolute Gasteiger partial charge is 0.461 e. The number of hydrogen-bond acceptors (Lipinski definition) is 7. The number of rotatable bonds is 15. The third-order valence-corrected chi connectivity index (χ3v) is 9.67. The number of anilines is 2. The second kappa shape index (κ2) is 13.2. The second-order valence-electron chi connectivity index (χ2n) is 12.4. The average Bonchev–Trinajstić information content (AvgIpc) is 3.61. The molecular weight excluding hydrogens is 546 g/mol. The molecule has 9 nitrogen and oxygen atoms in total. The number of hydrogen-bond donors (Lipinski definition) is 1. The van der Waals surface area contributed by atoms with Gasteiger partial charge in [0.1, 0.15) is 24.2 Å². The van der Waals surface area contributed by atoms with Gasteiger partial charge in [0.25, 0.3) is 5.91 Å². The molecule has 43 heavy (non-hydrogen) atoms. The van der Waals surface area contributed by atoms with E-state index in [1.807, 2.05) is 45.0 Å². The summed E-state index contributed by atoms with van der Waals surface area (Å²) in [7, 11) is 0. The highest BCUT2D eigenvalue weighted by molar-refractivity contribution is 6.05. The van der Waals surface area contributed by atoms with E-state index in [9.17, 15) is 19.5 Å². The number of esters is 1. The molecule has 1 aromatic carbocycles. The van der Waals surface area contributed by atoms with E-state index >= 15 is 0 Å². The number of carbonyl (C=O) groups excluding carboxylic acids is 3. The van der Waals surface area contributed by atoms with Crippen LogP contribution in [0.1, 0.15) is 60.3 Å². The van der Waals surface area contributed by atoms with Crippen LogP contribution in [-0.2, 0) is 23.9 Å². The van der Waals surface area contributed by atoms with Gasteiger partial charge < -0.3 is 29.3 Å². The maximum atomic E-state index is 14.9. The molecule has 4 rings (SSSR count). The fourth-order valence-corrected chi connectivity index (χ4v) is 7.77. The molecule has 3 aliphatic rings. The highest BCUT2D eigenvalue weighted by atomic mass is 16.6. The smallest absolute Gasteiger partial charge is 0.313 e. The molecule has 3 aliphatic heterocycles. The molecule has 1 spiro atoms. The van der Waals surface area contributed by atoms with Crippen LogP contribution < -0.4 is 9.80 Å². The number of likely N-dealkylation sites (tertiary alicyclic amines) is 1. The van der Waals surface area contributed by atoms with E-state index in [2.05, 4.69) is 31.9 Å². The molecule has 0 saturated carbocycles. The molecule has 0 aliphatic carbocycles. The van der Waals surface area contributed by atoms with Gasteiger partial charge in [0, 0.05) is 31.0 Å². The predicted molar refractivity (Wildman–Crippen MR) is 168 cm³/mol. The fraction of sp³-hybridized carbons (Fsp3) is 0.618. The third-order valence-electron chi connectivity index (χ3n) is 9.67. The highest BCUT2D eigenvalue weighted by Crippen LogP contribution is 2.65. The molecule has 0 aromatic heterocycles. The van der Waals surface area contributed by atoms with E-state index in [1.165, 1.54) is 6.08 Å². The lowest BCUT2D eigenvalue weighted by Gasteiger charge is -2.40. The Bertz CT molecular complexity index is 1200. The summed E-state index contributed by atoms with van der Waals surface area (Å²) in [6, 6.07) is 6.19. The van der Waals surface area contributed by atoms with Gasteiger partial charge in [-0.25, -0.2) is 0 Å². The predicted octanol–water partition coefficient (Wildman–Crippen LogP) is 4.34. The summed E-state index contributed by atoms with van der Waals surface area (Å²) in [5, 5.41) is 10.6. The maximum Gasteiger partial charge on any atom is 0.313 e. The summed E-state index contributed by atoms with van der Waals surface area (Å²) in [5.41, 5.74) is -0.383. The van der Waals surface area contributed by atoms with E-state index in [1.54, 1.807) is 15.9 Å². The van der Waals surface area contributed by atoms with Gasteiger partial charge in [-0.1, -0.05) is 39.5 Å². The van der Waals surface area contributed by atoms with Crippen molar-refractivity contribution < 1.29 is 29.0 Å².